The standard InChI is InChI=1S/C6H10O2S/c1-5(2)6(7)8-3-4-9/h9H,1,3-4H2,2H3. The van der Waals surface area contributed by atoms with E-state index in [9.17, 15) is 4.79 Å². The molecule has 0 fully saturated rings. The summed E-state index contributed by atoms with van der Waals surface area (Å²) in [6, 6.07) is 0. The number of ether oxygens (including phenoxy) is 1. The van der Waals surface area contributed by atoms with Gasteiger partial charge in [0.25, 0.3) is 0 Å². The van der Waals surface area contributed by atoms with Gasteiger partial charge < -0.3 is 4.74 Å². The Kier molecular flexibility index (Phi) is 4.22. The minimum atomic E-state index is -0.343. The normalized spacial score (nSPS) is 8.67. The van der Waals surface area contributed by atoms with Gasteiger partial charge in [-0.05, 0) is 6.92 Å². The Morgan fingerprint density at radius 2 is 2.33 bits per heavy atom. The zero-order valence-electron chi connectivity index (χ0n) is 5.39. The molecule has 0 saturated carbocycles. The predicted octanol–water partition coefficient (Wildman–Crippen LogP) is 1.04. The average molecular weight is 146 g/mol. The summed E-state index contributed by atoms with van der Waals surface area (Å²) in [5.74, 6) is 0.211. The number of thiol groups is 1. The maximum atomic E-state index is 10.5. The predicted molar refractivity (Wildman–Crippen MR) is 39.6 cm³/mol. The summed E-state index contributed by atoms with van der Waals surface area (Å²) >= 11 is 3.86. The van der Waals surface area contributed by atoms with Crippen molar-refractivity contribution in [2.45, 2.75) is 6.92 Å². The summed E-state index contributed by atoms with van der Waals surface area (Å²) in [5, 5.41) is 0. The number of esters is 1. The molecule has 0 aromatic rings. The first-order chi connectivity index (χ1) is 4.18. The molecule has 0 atom stereocenters. The van der Waals surface area contributed by atoms with E-state index >= 15 is 0 Å². The largest absolute Gasteiger partial charge is 0.461 e. The molecule has 9 heavy (non-hydrogen) atoms. The molecule has 0 aliphatic carbocycles. The summed E-state index contributed by atoms with van der Waals surface area (Å²) in [7, 11) is 0. The Morgan fingerprint density at radius 1 is 1.78 bits per heavy atom. The van der Waals surface area contributed by atoms with Crippen molar-refractivity contribution >= 4 is 18.6 Å². The molecule has 0 aliphatic heterocycles. The Morgan fingerprint density at radius 3 is 2.67 bits per heavy atom. The van der Waals surface area contributed by atoms with Gasteiger partial charge in [0.15, 0.2) is 0 Å². The second-order valence-electron chi connectivity index (χ2n) is 1.64. The zero-order valence-corrected chi connectivity index (χ0v) is 6.28. The van der Waals surface area contributed by atoms with E-state index in [1.54, 1.807) is 6.92 Å². The van der Waals surface area contributed by atoms with Gasteiger partial charge in [-0.1, -0.05) is 6.58 Å². The molecule has 0 saturated heterocycles. The molecule has 0 aromatic heterocycles. The van der Waals surface area contributed by atoms with Crippen molar-refractivity contribution < 1.29 is 9.53 Å². The lowest BCUT2D eigenvalue weighted by molar-refractivity contribution is -0.138. The highest BCUT2D eigenvalue weighted by Crippen LogP contribution is 1.91. The molecule has 0 rings (SSSR count). The van der Waals surface area contributed by atoms with Gasteiger partial charge in [-0.15, -0.1) is 0 Å². The molecule has 0 heterocycles. The molecule has 0 unspecified atom stereocenters. The van der Waals surface area contributed by atoms with Gasteiger partial charge in [-0.3, -0.25) is 0 Å². The highest BCUT2D eigenvalue weighted by atomic mass is 32.1. The third-order valence-corrected chi connectivity index (χ3v) is 0.855. The zero-order chi connectivity index (χ0) is 7.28. The first-order valence-corrected chi connectivity index (χ1v) is 3.25. The number of hydrogen-bond acceptors (Lipinski definition) is 3. The highest BCUT2D eigenvalue weighted by Gasteiger charge is 1.99. The SMILES string of the molecule is C=C(C)C(=O)OCCS. The number of carbonyl (C=O) groups is 1. The average Bonchev–Trinajstić information content (AvgIpc) is 1.82. The topological polar surface area (TPSA) is 26.3 Å². The van der Waals surface area contributed by atoms with Crippen molar-refractivity contribution in [3.63, 3.8) is 0 Å². The molecule has 0 bridgehead atoms. The smallest absolute Gasteiger partial charge is 0.333 e. The van der Waals surface area contributed by atoms with Crippen LogP contribution in [0.15, 0.2) is 12.2 Å². The summed E-state index contributed by atoms with van der Waals surface area (Å²) < 4.78 is 4.64. The van der Waals surface area contributed by atoms with Crippen LogP contribution in [0.5, 0.6) is 0 Å². The van der Waals surface area contributed by atoms with Crippen molar-refractivity contribution in [3.05, 3.63) is 12.2 Å². The van der Waals surface area contributed by atoms with Gasteiger partial charge in [-0.25, -0.2) is 4.79 Å². The Balaban J connectivity index is 3.39. The quantitative estimate of drug-likeness (QED) is 0.366. The van der Waals surface area contributed by atoms with Gasteiger partial charge in [0.2, 0.25) is 0 Å². The van der Waals surface area contributed by atoms with Crippen molar-refractivity contribution in [1.29, 1.82) is 0 Å². The minimum Gasteiger partial charge on any atom is -0.461 e. The monoisotopic (exact) mass is 146 g/mol. The first-order valence-electron chi connectivity index (χ1n) is 2.62. The Bertz CT molecular complexity index is 120. The van der Waals surface area contributed by atoms with Crippen LogP contribution in [0.25, 0.3) is 0 Å². The van der Waals surface area contributed by atoms with Crippen molar-refractivity contribution in [2.24, 2.45) is 0 Å². The number of carbonyl (C=O) groups excluding carboxylic acids is 1. The van der Waals surface area contributed by atoms with Crippen molar-refractivity contribution in [2.75, 3.05) is 12.4 Å². The van der Waals surface area contributed by atoms with Gasteiger partial charge in [0.05, 0.1) is 0 Å². The summed E-state index contributed by atoms with van der Waals surface area (Å²) in [6.45, 7) is 5.38. The molecule has 0 spiro atoms. The van der Waals surface area contributed by atoms with E-state index in [-0.39, 0.29) is 5.97 Å². The Hall–Kier alpha value is -0.440. The summed E-state index contributed by atoms with van der Waals surface area (Å²) in [5.41, 5.74) is 0.428. The van der Waals surface area contributed by atoms with Gasteiger partial charge >= 0.3 is 5.97 Å². The van der Waals surface area contributed by atoms with E-state index in [0.717, 1.165) is 0 Å². The van der Waals surface area contributed by atoms with Crippen molar-refractivity contribution in [1.82, 2.24) is 0 Å². The fraction of sp³-hybridized carbons (Fsp3) is 0.500. The first kappa shape index (κ1) is 8.56. The maximum Gasteiger partial charge on any atom is 0.333 e. The Labute approximate surface area is 60.3 Å². The van der Waals surface area contributed by atoms with E-state index in [2.05, 4.69) is 23.9 Å². The van der Waals surface area contributed by atoms with Crippen LogP contribution >= 0.6 is 12.6 Å². The third kappa shape index (κ3) is 4.09. The third-order valence-electron chi connectivity index (χ3n) is 0.673. The molecule has 3 heteroatoms. The van der Waals surface area contributed by atoms with Gasteiger partial charge in [0, 0.05) is 11.3 Å². The molecule has 2 nitrogen and oxygen atoms in total. The fourth-order valence-electron chi connectivity index (χ4n) is 0.262. The van der Waals surface area contributed by atoms with Crippen LogP contribution in [-0.2, 0) is 9.53 Å². The molecular weight excluding hydrogens is 136 g/mol. The molecular formula is C6H10O2S. The molecule has 0 amide bonds. The molecule has 0 radical (unpaired) electrons. The molecule has 0 N–H and O–H groups in total. The molecule has 0 aromatic carbocycles. The van der Waals surface area contributed by atoms with Gasteiger partial charge in [0.1, 0.15) is 6.61 Å². The molecule has 52 valence electrons. The second-order valence-corrected chi connectivity index (χ2v) is 2.09. The van der Waals surface area contributed by atoms with Crippen LogP contribution < -0.4 is 0 Å². The van der Waals surface area contributed by atoms with E-state index in [0.29, 0.717) is 17.9 Å². The van der Waals surface area contributed by atoms with E-state index in [1.807, 2.05) is 0 Å². The van der Waals surface area contributed by atoms with E-state index in [4.69, 9.17) is 0 Å². The highest BCUT2D eigenvalue weighted by molar-refractivity contribution is 7.80. The van der Waals surface area contributed by atoms with Crippen molar-refractivity contribution in [3.8, 4) is 0 Å². The summed E-state index contributed by atoms with van der Waals surface area (Å²) in [6.07, 6.45) is 0. The fourth-order valence-corrected chi connectivity index (χ4v) is 0.353. The molecule has 0 aliphatic rings. The number of hydrogen-bond donors (Lipinski definition) is 1. The van der Waals surface area contributed by atoms with E-state index in [1.165, 1.54) is 0 Å². The van der Waals surface area contributed by atoms with Crippen LogP contribution in [-0.4, -0.2) is 18.3 Å². The summed E-state index contributed by atoms with van der Waals surface area (Å²) in [4.78, 5) is 10.5. The maximum absolute atomic E-state index is 10.5. The second kappa shape index (κ2) is 4.44. The lowest BCUT2D eigenvalue weighted by atomic mass is 10.4. The minimum absolute atomic E-state index is 0.343. The van der Waals surface area contributed by atoms with Crippen LogP contribution in [0.2, 0.25) is 0 Å². The van der Waals surface area contributed by atoms with Crippen LogP contribution in [0, 0.1) is 0 Å². The lowest BCUT2D eigenvalue weighted by Crippen LogP contribution is -2.06. The van der Waals surface area contributed by atoms with E-state index < -0.39 is 0 Å². The van der Waals surface area contributed by atoms with Crippen LogP contribution in [0.1, 0.15) is 6.92 Å². The van der Waals surface area contributed by atoms with Crippen LogP contribution in [0.4, 0.5) is 0 Å². The van der Waals surface area contributed by atoms with Crippen LogP contribution in [0.3, 0.4) is 0 Å². The number of rotatable bonds is 3. The van der Waals surface area contributed by atoms with Gasteiger partial charge in [-0.2, -0.15) is 12.6 Å². The lowest BCUT2D eigenvalue weighted by Gasteiger charge is -1.99.